The highest BCUT2D eigenvalue weighted by Gasteiger charge is 2.41. The smallest absolute Gasteiger partial charge is 0.262 e. The standard InChI is InChI=1S/C6H5Cl2N4O2/c7-4-3-6(8,12(13)14)2-1-5(4)10-11-9/h1-2,10H,3H2/q+1. The number of hydrogen-bond donors (Lipinski definition) is 1. The summed E-state index contributed by atoms with van der Waals surface area (Å²) < 4.78 is 0. The van der Waals surface area contributed by atoms with Crippen LogP contribution in [0.1, 0.15) is 6.42 Å². The lowest BCUT2D eigenvalue weighted by Crippen LogP contribution is -2.32. The van der Waals surface area contributed by atoms with Crippen LogP contribution in [0.15, 0.2) is 22.9 Å². The van der Waals surface area contributed by atoms with Gasteiger partial charge in [-0.1, -0.05) is 11.6 Å². The number of allylic oxidation sites excluding steroid dienone is 1. The van der Waals surface area contributed by atoms with Crippen LogP contribution in [0.4, 0.5) is 0 Å². The summed E-state index contributed by atoms with van der Waals surface area (Å²) in [5.41, 5.74) is 2.46. The van der Waals surface area contributed by atoms with Gasteiger partial charge in [0.15, 0.2) is 0 Å². The molecule has 0 aliphatic heterocycles. The zero-order valence-corrected chi connectivity index (χ0v) is 8.29. The molecule has 0 saturated heterocycles. The third kappa shape index (κ3) is 1.95. The Balaban J connectivity index is 2.92. The molecule has 0 radical (unpaired) electrons. The van der Waals surface area contributed by atoms with Crippen LogP contribution in [0.5, 0.6) is 0 Å². The van der Waals surface area contributed by atoms with Crippen LogP contribution in [-0.4, -0.2) is 9.92 Å². The molecule has 1 unspecified atom stereocenters. The van der Waals surface area contributed by atoms with Gasteiger partial charge in [0, 0.05) is 11.0 Å². The fourth-order valence-corrected chi connectivity index (χ4v) is 1.52. The molecule has 14 heavy (non-hydrogen) atoms. The van der Waals surface area contributed by atoms with Crippen molar-refractivity contribution in [2.75, 3.05) is 0 Å². The molecular formula is C6H5Cl2N4O2+. The van der Waals surface area contributed by atoms with E-state index in [0.717, 1.165) is 0 Å². The van der Waals surface area contributed by atoms with Crippen molar-refractivity contribution in [2.24, 2.45) is 0 Å². The molecule has 0 aromatic heterocycles. The molecular weight excluding hydrogens is 231 g/mol. The molecule has 1 aliphatic rings. The molecule has 0 bridgehead atoms. The predicted molar refractivity (Wildman–Crippen MR) is 50.4 cm³/mol. The first-order chi connectivity index (χ1) is 6.49. The summed E-state index contributed by atoms with van der Waals surface area (Å²) >= 11 is 11.3. The zero-order chi connectivity index (χ0) is 10.8. The Hall–Kier alpha value is -1.32. The molecule has 6 nitrogen and oxygen atoms in total. The highest BCUT2D eigenvalue weighted by Crippen LogP contribution is 2.33. The second-order valence-corrected chi connectivity index (χ2v) is 3.73. The Labute approximate surface area is 88.9 Å². The Kier molecular flexibility index (Phi) is 2.93. The molecule has 1 aliphatic carbocycles. The van der Waals surface area contributed by atoms with E-state index in [9.17, 15) is 10.1 Å². The van der Waals surface area contributed by atoms with Crippen LogP contribution in [0, 0.1) is 15.5 Å². The van der Waals surface area contributed by atoms with E-state index >= 15 is 0 Å². The molecule has 0 saturated carbocycles. The van der Waals surface area contributed by atoms with Gasteiger partial charge in [0.2, 0.25) is 0 Å². The van der Waals surface area contributed by atoms with E-state index in [1.165, 1.54) is 12.2 Å². The summed E-state index contributed by atoms with van der Waals surface area (Å²) in [6, 6.07) is 0. The average Bonchev–Trinajstić information content (AvgIpc) is 2.10. The lowest BCUT2D eigenvalue weighted by Gasteiger charge is -2.17. The number of nitrogens with one attached hydrogen (secondary N) is 1. The summed E-state index contributed by atoms with van der Waals surface area (Å²) in [7, 11) is 0. The summed E-state index contributed by atoms with van der Waals surface area (Å²) in [6.07, 6.45) is 2.31. The largest absolute Gasteiger partial charge is 0.318 e. The minimum Gasteiger partial charge on any atom is -0.262 e. The average molecular weight is 236 g/mol. The van der Waals surface area contributed by atoms with Gasteiger partial charge in [0.05, 0.1) is 11.5 Å². The monoisotopic (exact) mass is 235 g/mol. The second kappa shape index (κ2) is 3.82. The molecule has 0 aromatic rings. The first kappa shape index (κ1) is 10.8. The van der Waals surface area contributed by atoms with E-state index in [4.69, 9.17) is 28.6 Å². The van der Waals surface area contributed by atoms with Crippen LogP contribution in [0.2, 0.25) is 0 Å². The van der Waals surface area contributed by atoms with Gasteiger partial charge in [0.25, 0.3) is 5.39 Å². The van der Waals surface area contributed by atoms with Crippen molar-refractivity contribution in [1.29, 1.82) is 5.39 Å². The fraction of sp³-hybridized carbons (Fsp3) is 0.333. The molecule has 0 fully saturated rings. The molecule has 1 atom stereocenters. The Morgan fingerprint density at radius 3 is 2.86 bits per heavy atom. The number of nitro groups is 1. The lowest BCUT2D eigenvalue weighted by molar-refractivity contribution is -0.527. The lowest BCUT2D eigenvalue weighted by atomic mass is 10.1. The number of alkyl halides is 1. The predicted octanol–water partition coefficient (Wildman–Crippen LogP) is 1.97. The van der Waals surface area contributed by atoms with Crippen LogP contribution < -0.4 is 5.43 Å². The normalized spacial score (nSPS) is 25.8. The van der Waals surface area contributed by atoms with E-state index in [2.05, 4.69) is 10.5 Å². The van der Waals surface area contributed by atoms with Gasteiger partial charge >= 0.3 is 10.1 Å². The number of diazo groups is 1. The molecule has 0 heterocycles. The topological polar surface area (TPSA) is 83.3 Å². The van der Waals surface area contributed by atoms with Gasteiger partial charge in [-0.3, -0.25) is 10.1 Å². The first-order valence-corrected chi connectivity index (χ1v) is 4.26. The van der Waals surface area contributed by atoms with Crippen molar-refractivity contribution < 1.29 is 4.92 Å². The number of nitrogens with zero attached hydrogens (tertiary/aromatic N) is 3. The van der Waals surface area contributed by atoms with E-state index in [1.807, 2.05) is 0 Å². The van der Waals surface area contributed by atoms with Crippen LogP contribution in [-0.2, 0) is 0 Å². The minimum absolute atomic E-state index is 0.136. The quantitative estimate of drug-likeness (QED) is 0.261. The van der Waals surface area contributed by atoms with Crippen molar-refractivity contribution in [3.63, 3.8) is 0 Å². The number of hydrogen-bond acceptors (Lipinski definition) is 4. The van der Waals surface area contributed by atoms with Gasteiger partial charge in [-0.05, 0) is 23.1 Å². The van der Waals surface area contributed by atoms with Gasteiger partial charge in [-0.25, -0.2) is 0 Å². The van der Waals surface area contributed by atoms with Gasteiger partial charge < -0.3 is 0 Å². The van der Waals surface area contributed by atoms with Gasteiger partial charge in [-0.2, -0.15) is 0 Å². The highest BCUT2D eigenvalue weighted by atomic mass is 35.5. The van der Waals surface area contributed by atoms with Crippen molar-refractivity contribution in [1.82, 2.24) is 5.43 Å². The number of halogens is 2. The Morgan fingerprint density at radius 2 is 2.43 bits per heavy atom. The van der Waals surface area contributed by atoms with Gasteiger partial charge in [0.1, 0.15) is 5.70 Å². The van der Waals surface area contributed by atoms with Crippen LogP contribution in [0.3, 0.4) is 0 Å². The highest BCUT2D eigenvalue weighted by molar-refractivity contribution is 6.32. The summed E-state index contributed by atoms with van der Waals surface area (Å²) in [4.78, 5) is 8.18. The van der Waals surface area contributed by atoms with E-state index < -0.39 is 9.92 Å². The summed E-state index contributed by atoms with van der Waals surface area (Å²) in [5, 5.41) is 21.5. The molecule has 8 heteroatoms. The molecule has 0 spiro atoms. The molecule has 74 valence electrons. The third-order valence-corrected chi connectivity index (χ3v) is 2.41. The van der Waals surface area contributed by atoms with Crippen molar-refractivity contribution in [2.45, 2.75) is 11.4 Å². The van der Waals surface area contributed by atoms with Crippen LogP contribution >= 0.6 is 23.2 Å². The summed E-state index contributed by atoms with van der Waals surface area (Å²) in [6.45, 7) is 0. The van der Waals surface area contributed by atoms with Crippen molar-refractivity contribution >= 4 is 23.2 Å². The van der Waals surface area contributed by atoms with Crippen molar-refractivity contribution in [3.05, 3.63) is 38.1 Å². The maximum Gasteiger partial charge on any atom is 0.318 e. The van der Waals surface area contributed by atoms with Gasteiger partial charge in [-0.15, -0.1) is 0 Å². The molecule has 0 amide bonds. The van der Waals surface area contributed by atoms with E-state index in [0.29, 0.717) is 0 Å². The van der Waals surface area contributed by atoms with E-state index in [1.54, 1.807) is 0 Å². The Morgan fingerprint density at radius 1 is 1.79 bits per heavy atom. The van der Waals surface area contributed by atoms with E-state index in [-0.39, 0.29) is 17.2 Å². The fourth-order valence-electron chi connectivity index (χ4n) is 0.950. The second-order valence-electron chi connectivity index (χ2n) is 2.62. The maximum absolute atomic E-state index is 10.5. The van der Waals surface area contributed by atoms with Crippen molar-refractivity contribution in [3.8, 4) is 0 Å². The minimum atomic E-state index is -1.71. The third-order valence-electron chi connectivity index (χ3n) is 1.67. The SMILES string of the molecule is N#[N+]NC1=C(Cl)CC(Cl)([N+](=O)[O-])C=C1. The van der Waals surface area contributed by atoms with Crippen LogP contribution in [0.25, 0.3) is 5.08 Å². The first-order valence-electron chi connectivity index (χ1n) is 3.51. The summed E-state index contributed by atoms with van der Waals surface area (Å²) in [5.74, 6) is 0. The number of rotatable bonds is 2. The Bertz CT molecular complexity index is 373. The molecule has 1 N–H and O–H groups in total. The molecule has 0 aromatic carbocycles. The zero-order valence-electron chi connectivity index (χ0n) is 6.78. The maximum atomic E-state index is 10.5. The molecule has 1 rings (SSSR count).